The standard InChI is InChI=1S/C26H26F2N4O3/c1-14(2)22-19(25(34)29-21(10-11-33)16-4-7-18(27)8-5-16)13-32-23(22)26(35)30-24(31-32)17-6-9-20(28)15(3)12-17/h4-9,12-14,21,33H,10-11H2,1-3H3,(H,29,34)(H,30,31,35)/t21-/m1/s1. The number of benzene rings is 2. The highest BCUT2D eigenvalue weighted by Gasteiger charge is 2.25. The van der Waals surface area contributed by atoms with E-state index in [4.69, 9.17) is 0 Å². The number of hydrogen-bond acceptors (Lipinski definition) is 4. The molecule has 0 unspecified atom stereocenters. The van der Waals surface area contributed by atoms with Crippen LogP contribution in [-0.2, 0) is 0 Å². The van der Waals surface area contributed by atoms with Crippen molar-refractivity contribution < 1.29 is 18.7 Å². The second-order valence-corrected chi connectivity index (χ2v) is 8.76. The van der Waals surface area contributed by atoms with Crippen LogP contribution in [0.25, 0.3) is 16.9 Å². The molecule has 35 heavy (non-hydrogen) atoms. The number of amides is 1. The largest absolute Gasteiger partial charge is 0.396 e. The van der Waals surface area contributed by atoms with Crippen LogP contribution in [-0.4, -0.2) is 32.2 Å². The number of aromatic nitrogens is 3. The second-order valence-electron chi connectivity index (χ2n) is 8.76. The van der Waals surface area contributed by atoms with Crippen LogP contribution in [0.1, 0.15) is 59.3 Å². The summed E-state index contributed by atoms with van der Waals surface area (Å²) in [6.07, 6.45) is 1.73. The first-order valence-electron chi connectivity index (χ1n) is 11.3. The van der Waals surface area contributed by atoms with Gasteiger partial charge < -0.3 is 15.4 Å². The Morgan fingerprint density at radius 2 is 1.89 bits per heavy atom. The lowest BCUT2D eigenvalue weighted by Gasteiger charge is -2.19. The van der Waals surface area contributed by atoms with Crippen molar-refractivity contribution >= 4 is 11.4 Å². The highest BCUT2D eigenvalue weighted by atomic mass is 19.1. The molecule has 2 heterocycles. The van der Waals surface area contributed by atoms with Crippen LogP contribution in [0.5, 0.6) is 0 Å². The van der Waals surface area contributed by atoms with E-state index in [0.717, 1.165) is 0 Å². The van der Waals surface area contributed by atoms with Gasteiger partial charge in [0.1, 0.15) is 17.2 Å². The molecule has 0 aliphatic heterocycles. The number of nitrogens with zero attached hydrogens (tertiary/aromatic N) is 2. The van der Waals surface area contributed by atoms with E-state index in [-0.39, 0.29) is 41.7 Å². The van der Waals surface area contributed by atoms with Crippen molar-refractivity contribution in [3.05, 3.63) is 92.9 Å². The predicted molar refractivity (Wildman–Crippen MR) is 128 cm³/mol. The van der Waals surface area contributed by atoms with Crippen molar-refractivity contribution in [3.63, 3.8) is 0 Å². The lowest BCUT2D eigenvalue weighted by Crippen LogP contribution is -2.29. The molecule has 1 atom stereocenters. The molecule has 9 heteroatoms. The first-order valence-corrected chi connectivity index (χ1v) is 11.3. The zero-order chi connectivity index (χ0) is 25.3. The highest BCUT2D eigenvalue weighted by molar-refractivity contribution is 5.98. The van der Waals surface area contributed by atoms with E-state index in [0.29, 0.717) is 22.3 Å². The van der Waals surface area contributed by atoms with Crippen molar-refractivity contribution in [1.82, 2.24) is 19.9 Å². The number of aliphatic hydroxyl groups excluding tert-OH is 1. The maximum atomic E-state index is 13.7. The minimum Gasteiger partial charge on any atom is -0.396 e. The van der Waals surface area contributed by atoms with E-state index in [1.807, 2.05) is 13.8 Å². The van der Waals surface area contributed by atoms with Crippen LogP contribution in [0.3, 0.4) is 0 Å². The SMILES string of the molecule is Cc1cc(-c2nn3cc(C(=O)N[C@H](CCO)c4ccc(F)cc4)c(C(C)C)c3c(=O)[nH]2)ccc1F. The Morgan fingerprint density at radius 1 is 1.17 bits per heavy atom. The number of aromatic amines is 1. The summed E-state index contributed by atoms with van der Waals surface area (Å²) >= 11 is 0. The van der Waals surface area contributed by atoms with Gasteiger partial charge in [-0.3, -0.25) is 9.59 Å². The van der Waals surface area contributed by atoms with Gasteiger partial charge in [0.05, 0.1) is 11.6 Å². The molecule has 4 rings (SSSR count). The molecule has 3 N–H and O–H groups in total. The van der Waals surface area contributed by atoms with Gasteiger partial charge in [-0.05, 0) is 60.7 Å². The number of nitrogens with one attached hydrogen (secondary N) is 2. The van der Waals surface area contributed by atoms with Crippen LogP contribution in [0.15, 0.2) is 53.5 Å². The maximum absolute atomic E-state index is 13.7. The Balaban J connectivity index is 1.77. The quantitative estimate of drug-likeness (QED) is 0.368. The number of aliphatic hydroxyl groups is 1. The summed E-state index contributed by atoms with van der Waals surface area (Å²) in [4.78, 5) is 29.2. The third-order valence-electron chi connectivity index (χ3n) is 5.93. The molecule has 0 bridgehead atoms. The zero-order valence-electron chi connectivity index (χ0n) is 19.6. The average Bonchev–Trinajstić information content (AvgIpc) is 3.22. The number of carbonyl (C=O) groups is 1. The van der Waals surface area contributed by atoms with Crippen LogP contribution in [0.2, 0.25) is 0 Å². The van der Waals surface area contributed by atoms with Gasteiger partial charge in [-0.2, -0.15) is 0 Å². The van der Waals surface area contributed by atoms with Crippen molar-refractivity contribution in [2.45, 2.75) is 39.2 Å². The Labute approximate surface area is 200 Å². The molecule has 2 aromatic heterocycles. The van der Waals surface area contributed by atoms with Gasteiger partial charge in [-0.25, -0.2) is 13.3 Å². The molecule has 0 radical (unpaired) electrons. The topological polar surface area (TPSA) is 99.5 Å². The molecule has 182 valence electrons. The smallest absolute Gasteiger partial charge is 0.275 e. The van der Waals surface area contributed by atoms with Crippen LogP contribution >= 0.6 is 0 Å². The summed E-state index contributed by atoms with van der Waals surface area (Å²) in [5.41, 5.74) is 2.21. The molecule has 4 aromatic rings. The Kier molecular flexibility index (Phi) is 6.79. The third kappa shape index (κ3) is 4.85. The van der Waals surface area contributed by atoms with Gasteiger partial charge in [0.2, 0.25) is 0 Å². The fourth-order valence-electron chi connectivity index (χ4n) is 4.18. The molecule has 7 nitrogen and oxygen atoms in total. The summed E-state index contributed by atoms with van der Waals surface area (Å²) in [5.74, 6) is -1.14. The Hall–Kier alpha value is -3.85. The predicted octanol–water partition coefficient (Wildman–Crippen LogP) is 4.25. The lowest BCUT2D eigenvalue weighted by atomic mass is 9.98. The minimum atomic E-state index is -0.555. The molecule has 0 saturated heterocycles. The van der Waals surface area contributed by atoms with E-state index >= 15 is 0 Å². The summed E-state index contributed by atoms with van der Waals surface area (Å²) in [6.45, 7) is 5.18. The first kappa shape index (κ1) is 24.3. The van der Waals surface area contributed by atoms with Gasteiger partial charge in [-0.15, -0.1) is 5.10 Å². The molecule has 1 amide bonds. The van der Waals surface area contributed by atoms with Crippen molar-refractivity contribution in [2.75, 3.05) is 6.61 Å². The molecular weight excluding hydrogens is 454 g/mol. The molecule has 0 aliphatic carbocycles. The second kappa shape index (κ2) is 9.79. The van der Waals surface area contributed by atoms with E-state index in [9.17, 15) is 23.5 Å². The van der Waals surface area contributed by atoms with Crippen molar-refractivity contribution in [3.8, 4) is 11.4 Å². The third-order valence-corrected chi connectivity index (χ3v) is 5.93. The first-order chi connectivity index (χ1) is 16.7. The van der Waals surface area contributed by atoms with Crippen LogP contribution < -0.4 is 10.9 Å². The monoisotopic (exact) mass is 480 g/mol. The van der Waals surface area contributed by atoms with Gasteiger partial charge in [0, 0.05) is 23.9 Å². The Bertz CT molecular complexity index is 1440. The van der Waals surface area contributed by atoms with Gasteiger partial charge in [0.25, 0.3) is 11.5 Å². The van der Waals surface area contributed by atoms with Gasteiger partial charge >= 0.3 is 0 Å². The number of aryl methyl sites for hydroxylation is 1. The van der Waals surface area contributed by atoms with Gasteiger partial charge in [0.15, 0.2) is 5.82 Å². The summed E-state index contributed by atoms with van der Waals surface area (Å²) in [7, 11) is 0. The highest BCUT2D eigenvalue weighted by Crippen LogP contribution is 2.27. The Morgan fingerprint density at radius 3 is 2.51 bits per heavy atom. The summed E-state index contributed by atoms with van der Waals surface area (Å²) in [5, 5.41) is 16.9. The normalized spacial score (nSPS) is 12.3. The number of rotatable bonds is 7. The van der Waals surface area contributed by atoms with E-state index < -0.39 is 23.3 Å². The number of halogens is 2. The molecule has 0 spiro atoms. The number of fused-ring (bicyclic) bond motifs is 1. The van der Waals surface area contributed by atoms with Gasteiger partial charge in [-0.1, -0.05) is 26.0 Å². The van der Waals surface area contributed by atoms with E-state index in [1.54, 1.807) is 25.1 Å². The van der Waals surface area contributed by atoms with E-state index in [1.165, 1.54) is 35.0 Å². The fourth-order valence-corrected chi connectivity index (χ4v) is 4.18. The summed E-state index contributed by atoms with van der Waals surface area (Å²) in [6, 6.07) is 9.55. The number of carbonyl (C=O) groups excluding carboxylic acids is 1. The number of H-pyrrole nitrogens is 1. The molecule has 0 fully saturated rings. The lowest BCUT2D eigenvalue weighted by molar-refractivity contribution is 0.0929. The summed E-state index contributed by atoms with van der Waals surface area (Å²) < 4.78 is 28.4. The average molecular weight is 481 g/mol. The van der Waals surface area contributed by atoms with Crippen LogP contribution in [0, 0.1) is 18.6 Å². The number of hydrogen-bond donors (Lipinski definition) is 3. The molecule has 0 saturated carbocycles. The van der Waals surface area contributed by atoms with E-state index in [2.05, 4.69) is 15.4 Å². The molecule has 2 aromatic carbocycles. The molecule has 0 aliphatic rings. The van der Waals surface area contributed by atoms with Crippen LogP contribution in [0.4, 0.5) is 8.78 Å². The van der Waals surface area contributed by atoms with Crippen molar-refractivity contribution in [1.29, 1.82) is 0 Å². The van der Waals surface area contributed by atoms with Crippen molar-refractivity contribution in [2.24, 2.45) is 0 Å². The molecular formula is C26H26F2N4O3. The fraction of sp³-hybridized carbons (Fsp3) is 0.269. The maximum Gasteiger partial charge on any atom is 0.275 e. The zero-order valence-corrected chi connectivity index (χ0v) is 19.6. The minimum absolute atomic E-state index is 0.176.